The fraction of sp³-hybridized carbons (Fsp3) is 1.00. The second kappa shape index (κ2) is 6.08. The van der Waals surface area contributed by atoms with E-state index in [2.05, 4.69) is 0 Å². The monoisotopic (exact) mass is 274 g/mol. The molecule has 4 heteroatoms. The fourth-order valence-corrected chi connectivity index (χ4v) is 2.25. The Hall–Kier alpha value is -0.160. The summed E-state index contributed by atoms with van der Waals surface area (Å²) in [4.78, 5) is 0. The second-order valence-electron chi connectivity index (χ2n) is 7.20. The molecule has 0 aromatic carbocycles. The Balaban J connectivity index is 2.72. The van der Waals surface area contributed by atoms with Crippen LogP contribution in [0.3, 0.4) is 0 Å². The first kappa shape index (κ1) is 16.9. The lowest BCUT2D eigenvalue weighted by Crippen LogP contribution is -2.43. The Morgan fingerprint density at radius 2 is 1.53 bits per heavy atom. The van der Waals surface area contributed by atoms with Gasteiger partial charge in [0.1, 0.15) is 18.3 Å². The van der Waals surface area contributed by atoms with E-state index in [0.29, 0.717) is 6.61 Å². The predicted molar refractivity (Wildman–Crippen MR) is 75.5 cm³/mol. The Kier molecular flexibility index (Phi) is 5.41. The molecule has 4 nitrogen and oxygen atoms in total. The highest BCUT2D eigenvalue weighted by atomic mass is 16.6. The molecule has 0 aromatic heterocycles. The van der Waals surface area contributed by atoms with Crippen LogP contribution >= 0.6 is 0 Å². The molecule has 0 spiro atoms. The van der Waals surface area contributed by atoms with Gasteiger partial charge in [-0.05, 0) is 48.5 Å². The molecule has 0 aromatic rings. The minimum atomic E-state index is -0.227. The van der Waals surface area contributed by atoms with Crippen molar-refractivity contribution in [3.63, 3.8) is 0 Å². The lowest BCUT2D eigenvalue weighted by atomic mass is 10.1. The molecular weight excluding hydrogens is 244 g/mol. The van der Waals surface area contributed by atoms with Crippen molar-refractivity contribution in [3.8, 4) is 0 Å². The maximum absolute atomic E-state index is 6.12. The molecule has 0 N–H and O–H groups in total. The summed E-state index contributed by atoms with van der Waals surface area (Å²) in [6.07, 6.45) is -0.209. The molecule has 0 saturated carbocycles. The van der Waals surface area contributed by atoms with Gasteiger partial charge in [0.2, 0.25) is 0 Å². The molecule has 1 fully saturated rings. The van der Waals surface area contributed by atoms with Crippen molar-refractivity contribution in [2.45, 2.75) is 84.1 Å². The molecule has 1 rings (SSSR count). The molecule has 1 aliphatic heterocycles. The van der Waals surface area contributed by atoms with Crippen LogP contribution in [-0.4, -0.2) is 49.3 Å². The van der Waals surface area contributed by atoms with Gasteiger partial charge >= 0.3 is 0 Å². The number of hydrogen-bond acceptors (Lipinski definition) is 4. The Labute approximate surface area is 117 Å². The molecule has 19 heavy (non-hydrogen) atoms. The topological polar surface area (TPSA) is 36.9 Å². The summed E-state index contributed by atoms with van der Waals surface area (Å²) >= 11 is 0. The molecule has 1 aliphatic rings. The first-order valence-corrected chi connectivity index (χ1v) is 7.03. The van der Waals surface area contributed by atoms with Crippen LogP contribution in [-0.2, 0) is 18.9 Å². The summed E-state index contributed by atoms with van der Waals surface area (Å²) in [6, 6.07) is 0. The number of methoxy groups -OCH3 is 1. The Morgan fingerprint density at radius 1 is 0.947 bits per heavy atom. The minimum Gasteiger partial charge on any atom is -0.376 e. The summed E-state index contributed by atoms with van der Waals surface area (Å²) in [7, 11) is 1.70. The van der Waals surface area contributed by atoms with Gasteiger partial charge in [-0.1, -0.05) is 0 Å². The normalized spacial score (nSPS) is 32.8. The van der Waals surface area contributed by atoms with Gasteiger partial charge in [-0.3, -0.25) is 0 Å². The van der Waals surface area contributed by atoms with E-state index >= 15 is 0 Å². The Bertz CT molecular complexity index is 277. The summed E-state index contributed by atoms with van der Waals surface area (Å²) in [5, 5.41) is 0. The smallest absolute Gasteiger partial charge is 0.115 e. The summed E-state index contributed by atoms with van der Waals surface area (Å²) in [5.41, 5.74) is -0.404. The third-order valence-electron chi connectivity index (χ3n) is 2.98. The average Bonchev–Trinajstić information content (AvgIpc) is 2.48. The van der Waals surface area contributed by atoms with Crippen LogP contribution in [0.2, 0.25) is 0 Å². The van der Waals surface area contributed by atoms with Crippen molar-refractivity contribution in [1.29, 1.82) is 0 Å². The van der Waals surface area contributed by atoms with E-state index in [1.807, 2.05) is 48.5 Å². The van der Waals surface area contributed by atoms with Crippen molar-refractivity contribution in [1.82, 2.24) is 0 Å². The van der Waals surface area contributed by atoms with E-state index in [9.17, 15) is 0 Å². The third-order valence-corrected chi connectivity index (χ3v) is 2.98. The van der Waals surface area contributed by atoms with Crippen LogP contribution in [0.5, 0.6) is 0 Å². The zero-order valence-corrected chi connectivity index (χ0v) is 13.6. The fourth-order valence-electron chi connectivity index (χ4n) is 2.25. The molecule has 1 saturated heterocycles. The van der Waals surface area contributed by atoms with Crippen LogP contribution < -0.4 is 0 Å². The van der Waals surface area contributed by atoms with Gasteiger partial charge in [0, 0.05) is 7.11 Å². The summed E-state index contributed by atoms with van der Waals surface area (Å²) in [6.45, 7) is 14.8. The average molecular weight is 274 g/mol. The molecule has 0 radical (unpaired) electrons. The molecular formula is C15H30O4. The highest BCUT2D eigenvalue weighted by Gasteiger charge is 2.45. The zero-order valence-electron chi connectivity index (χ0n) is 13.6. The Morgan fingerprint density at radius 3 is 1.95 bits per heavy atom. The standard InChI is InChI=1S/C15H30O4/c1-10-12(16-8)13(19-15(5,6)7)11(18-10)9-17-14(2,3)4/h10-13H,9H2,1-8H3/t10-,11+,12?,13-/m0/s1. The van der Waals surface area contributed by atoms with E-state index in [1.54, 1.807) is 7.11 Å². The first-order valence-electron chi connectivity index (χ1n) is 7.03. The van der Waals surface area contributed by atoms with Crippen molar-refractivity contribution >= 4 is 0 Å². The second-order valence-corrected chi connectivity index (χ2v) is 7.20. The van der Waals surface area contributed by atoms with E-state index in [0.717, 1.165) is 0 Å². The van der Waals surface area contributed by atoms with Gasteiger partial charge in [0.25, 0.3) is 0 Å². The van der Waals surface area contributed by atoms with Crippen LogP contribution in [0.25, 0.3) is 0 Å². The van der Waals surface area contributed by atoms with E-state index in [1.165, 1.54) is 0 Å². The van der Waals surface area contributed by atoms with Crippen LogP contribution in [0.4, 0.5) is 0 Å². The van der Waals surface area contributed by atoms with E-state index in [-0.39, 0.29) is 35.6 Å². The van der Waals surface area contributed by atoms with Gasteiger partial charge in [-0.2, -0.15) is 0 Å². The summed E-state index contributed by atoms with van der Waals surface area (Å²) < 4.78 is 23.4. The molecule has 114 valence electrons. The van der Waals surface area contributed by atoms with Crippen LogP contribution in [0.1, 0.15) is 48.5 Å². The molecule has 1 heterocycles. The molecule has 1 unspecified atom stereocenters. The van der Waals surface area contributed by atoms with Gasteiger partial charge in [-0.15, -0.1) is 0 Å². The quantitative estimate of drug-likeness (QED) is 0.790. The van der Waals surface area contributed by atoms with Gasteiger partial charge in [-0.25, -0.2) is 0 Å². The van der Waals surface area contributed by atoms with Crippen molar-refractivity contribution < 1.29 is 18.9 Å². The third kappa shape index (κ3) is 5.38. The predicted octanol–water partition coefficient (Wildman–Crippen LogP) is 2.79. The number of rotatable bonds is 4. The molecule has 0 bridgehead atoms. The molecule has 0 amide bonds. The van der Waals surface area contributed by atoms with Gasteiger partial charge in [0.05, 0.1) is 23.9 Å². The van der Waals surface area contributed by atoms with Crippen LogP contribution in [0.15, 0.2) is 0 Å². The van der Waals surface area contributed by atoms with E-state index < -0.39 is 0 Å². The molecule has 0 aliphatic carbocycles. The van der Waals surface area contributed by atoms with Gasteiger partial charge in [0.15, 0.2) is 0 Å². The SMILES string of the molecule is COC1[C@H](C)O[C@H](COC(C)(C)C)[C@@H]1OC(C)(C)C. The largest absolute Gasteiger partial charge is 0.376 e. The highest BCUT2D eigenvalue weighted by Crippen LogP contribution is 2.30. The van der Waals surface area contributed by atoms with Crippen molar-refractivity contribution in [3.05, 3.63) is 0 Å². The molecule has 4 atom stereocenters. The summed E-state index contributed by atoms with van der Waals surface area (Å²) in [5.74, 6) is 0. The van der Waals surface area contributed by atoms with E-state index in [4.69, 9.17) is 18.9 Å². The maximum atomic E-state index is 6.12. The van der Waals surface area contributed by atoms with Crippen molar-refractivity contribution in [2.75, 3.05) is 13.7 Å². The minimum absolute atomic E-state index is 0.0194. The zero-order chi connectivity index (χ0) is 14.8. The lowest BCUT2D eigenvalue weighted by Gasteiger charge is -2.31. The van der Waals surface area contributed by atoms with Crippen LogP contribution in [0, 0.1) is 0 Å². The number of hydrogen-bond donors (Lipinski definition) is 0. The van der Waals surface area contributed by atoms with Gasteiger partial charge < -0.3 is 18.9 Å². The first-order chi connectivity index (χ1) is 8.53. The van der Waals surface area contributed by atoms with Crippen molar-refractivity contribution in [2.24, 2.45) is 0 Å². The number of ether oxygens (including phenoxy) is 4. The lowest BCUT2D eigenvalue weighted by molar-refractivity contribution is -0.140. The maximum Gasteiger partial charge on any atom is 0.115 e. The highest BCUT2D eigenvalue weighted by molar-refractivity contribution is 4.92.